The number of rotatable bonds is 4. The highest BCUT2D eigenvalue weighted by molar-refractivity contribution is 7.19. The van der Waals surface area contributed by atoms with Crippen LogP contribution in [0.4, 0.5) is 15.2 Å². The van der Waals surface area contributed by atoms with Gasteiger partial charge in [-0.1, -0.05) is 11.3 Å². The molecule has 1 aromatic carbocycles. The van der Waals surface area contributed by atoms with Crippen molar-refractivity contribution in [2.24, 2.45) is 4.99 Å². The average Bonchev–Trinajstić information content (AvgIpc) is 3.56. The summed E-state index contributed by atoms with van der Waals surface area (Å²) in [6, 6.07) is 8.98. The van der Waals surface area contributed by atoms with E-state index in [4.69, 9.17) is 5.10 Å². The molecule has 4 heterocycles. The minimum atomic E-state index is -0.403. The van der Waals surface area contributed by atoms with Gasteiger partial charge in [-0.05, 0) is 50.5 Å². The number of benzene rings is 1. The van der Waals surface area contributed by atoms with E-state index in [9.17, 15) is 4.79 Å². The molecule has 1 N–H and O–H groups in total. The molecular formula is C27H26FN7OS. The van der Waals surface area contributed by atoms with Gasteiger partial charge in [-0.3, -0.25) is 9.78 Å². The van der Waals surface area contributed by atoms with E-state index >= 15 is 4.39 Å². The number of hydrogen-bond donors (Lipinski definition) is 1. The number of aryl methyl sites for hydroxylation is 2. The van der Waals surface area contributed by atoms with Crippen molar-refractivity contribution in [2.75, 3.05) is 18.9 Å². The van der Waals surface area contributed by atoms with Crippen molar-refractivity contribution in [2.45, 2.75) is 39.5 Å². The van der Waals surface area contributed by atoms with Gasteiger partial charge in [0.25, 0.3) is 0 Å². The number of nitrogens with one attached hydrogen (secondary N) is 1. The van der Waals surface area contributed by atoms with Crippen molar-refractivity contribution >= 4 is 33.9 Å². The maximum Gasteiger partial charge on any atom is 0.223 e. The van der Waals surface area contributed by atoms with Crippen molar-refractivity contribution in [3.05, 3.63) is 59.3 Å². The highest BCUT2D eigenvalue weighted by atomic mass is 32.1. The quantitative estimate of drug-likeness (QED) is 0.398. The minimum absolute atomic E-state index is 0.178. The summed E-state index contributed by atoms with van der Waals surface area (Å²) in [6.07, 6.45) is 5.17. The van der Waals surface area contributed by atoms with Crippen LogP contribution in [0.3, 0.4) is 0 Å². The van der Waals surface area contributed by atoms with Gasteiger partial charge in [0.2, 0.25) is 5.91 Å². The Kier molecular flexibility index (Phi) is 5.83. The molecule has 188 valence electrons. The molecule has 1 fully saturated rings. The number of likely N-dealkylation sites (tertiary alicyclic amines) is 1. The summed E-state index contributed by atoms with van der Waals surface area (Å²) in [5, 5.41) is 8.24. The normalized spacial score (nSPS) is 15.7. The molecule has 37 heavy (non-hydrogen) atoms. The average molecular weight is 516 g/mol. The number of fused-ring (bicyclic) bond motifs is 3. The molecule has 2 aliphatic rings. The molecule has 0 atom stereocenters. The van der Waals surface area contributed by atoms with Crippen LogP contribution in [-0.4, -0.2) is 50.0 Å². The van der Waals surface area contributed by atoms with Gasteiger partial charge >= 0.3 is 0 Å². The number of aliphatic imine (C=N–C) groups is 1. The summed E-state index contributed by atoms with van der Waals surface area (Å²) >= 11 is 1.39. The Labute approximate surface area is 217 Å². The van der Waals surface area contributed by atoms with Gasteiger partial charge in [-0.15, -0.1) is 0 Å². The van der Waals surface area contributed by atoms with Crippen LogP contribution in [0.5, 0.6) is 0 Å². The maximum atomic E-state index is 15.7. The molecule has 0 spiro atoms. The topological polar surface area (TPSA) is 88.3 Å². The van der Waals surface area contributed by atoms with Crippen molar-refractivity contribution in [3.63, 3.8) is 0 Å². The number of carbonyl (C=O) groups is 1. The van der Waals surface area contributed by atoms with Crippen LogP contribution < -0.4 is 5.32 Å². The monoisotopic (exact) mass is 515 g/mol. The Bertz CT molecular complexity index is 1550. The SMILES string of the molecule is CC(=O)Nc1nc2c(s1)-c1c(c(-c3ccc(C)nc3)nn1-c1ccc(N=C3CCCN3C)cc1F)CC2. The lowest BCUT2D eigenvalue weighted by Crippen LogP contribution is -2.18. The van der Waals surface area contributed by atoms with Crippen molar-refractivity contribution in [3.8, 4) is 27.5 Å². The van der Waals surface area contributed by atoms with Crippen LogP contribution in [0.15, 0.2) is 41.5 Å². The highest BCUT2D eigenvalue weighted by Gasteiger charge is 2.30. The van der Waals surface area contributed by atoms with Gasteiger partial charge < -0.3 is 10.2 Å². The van der Waals surface area contributed by atoms with E-state index in [0.717, 1.165) is 64.0 Å². The first-order valence-electron chi connectivity index (χ1n) is 12.3. The minimum Gasteiger partial charge on any atom is -0.363 e. The van der Waals surface area contributed by atoms with Crippen LogP contribution in [0.1, 0.15) is 36.7 Å². The van der Waals surface area contributed by atoms with Crippen LogP contribution in [-0.2, 0) is 17.6 Å². The molecule has 1 amide bonds. The zero-order valence-corrected chi connectivity index (χ0v) is 21.7. The Hall–Kier alpha value is -3.92. The number of nitrogens with zero attached hydrogens (tertiary/aromatic N) is 6. The molecule has 1 aliphatic carbocycles. The van der Waals surface area contributed by atoms with Crippen LogP contribution >= 0.6 is 11.3 Å². The van der Waals surface area contributed by atoms with Crippen LogP contribution in [0.25, 0.3) is 27.5 Å². The van der Waals surface area contributed by atoms with Gasteiger partial charge in [0.1, 0.15) is 11.5 Å². The molecule has 0 radical (unpaired) electrons. The number of aromatic nitrogens is 4. The fraction of sp³-hybridized carbons (Fsp3) is 0.296. The second kappa shape index (κ2) is 9.19. The van der Waals surface area contributed by atoms with E-state index < -0.39 is 5.82 Å². The number of hydrogen-bond acceptors (Lipinski definition) is 6. The van der Waals surface area contributed by atoms with Gasteiger partial charge in [-0.2, -0.15) is 5.10 Å². The van der Waals surface area contributed by atoms with E-state index in [1.54, 1.807) is 16.9 Å². The van der Waals surface area contributed by atoms with Crippen molar-refractivity contribution < 1.29 is 9.18 Å². The molecule has 8 nitrogen and oxygen atoms in total. The highest BCUT2D eigenvalue weighted by Crippen LogP contribution is 2.44. The largest absolute Gasteiger partial charge is 0.363 e. The van der Waals surface area contributed by atoms with Crippen LogP contribution in [0.2, 0.25) is 0 Å². The number of amidine groups is 1. The fourth-order valence-corrected chi connectivity index (χ4v) is 6.03. The molecule has 1 aliphatic heterocycles. The summed E-state index contributed by atoms with van der Waals surface area (Å²) in [7, 11) is 2.01. The van der Waals surface area contributed by atoms with E-state index in [-0.39, 0.29) is 5.91 Å². The van der Waals surface area contributed by atoms with Crippen LogP contribution in [0, 0.1) is 12.7 Å². The summed E-state index contributed by atoms with van der Waals surface area (Å²) in [4.78, 5) is 28.4. The number of halogens is 1. The number of amides is 1. The van der Waals surface area contributed by atoms with Gasteiger partial charge in [0.15, 0.2) is 10.9 Å². The molecule has 4 aromatic rings. The molecule has 0 bridgehead atoms. The third-order valence-electron chi connectivity index (χ3n) is 6.73. The number of carbonyl (C=O) groups excluding carboxylic acids is 1. The standard InChI is InChI=1S/C27H26FN7OS/c1-15-6-7-17(14-29-15)24-19-9-10-21-26(37-27(32-21)30-16(2)36)25(19)35(33-24)22-11-8-18(13-20(22)28)31-23-5-4-12-34(23)3/h6-8,11,13-14H,4-5,9-10,12H2,1-3H3,(H,30,32,36). The van der Waals surface area contributed by atoms with E-state index in [2.05, 4.69) is 25.2 Å². The second-order valence-electron chi connectivity index (χ2n) is 9.44. The van der Waals surface area contributed by atoms with E-state index in [0.29, 0.717) is 29.3 Å². The number of thiazole rings is 1. The zero-order chi connectivity index (χ0) is 25.7. The van der Waals surface area contributed by atoms with E-state index in [1.165, 1.54) is 24.3 Å². The molecule has 0 unspecified atom stereocenters. The number of anilines is 1. The first-order chi connectivity index (χ1) is 17.9. The summed E-state index contributed by atoms with van der Waals surface area (Å²) in [5.41, 5.74) is 6.20. The Morgan fingerprint density at radius 2 is 2.05 bits per heavy atom. The third-order valence-corrected chi connectivity index (χ3v) is 7.75. The lowest BCUT2D eigenvalue weighted by molar-refractivity contribution is -0.114. The van der Waals surface area contributed by atoms with Gasteiger partial charge in [-0.25, -0.2) is 19.0 Å². The Morgan fingerprint density at radius 3 is 2.76 bits per heavy atom. The predicted molar refractivity (Wildman–Crippen MR) is 143 cm³/mol. The Morgan fingerprint density at radius 1 is 1.19 bits per heavy atom. The van der Waals surface area contributed by atoms with Gasteiger partial charge in [0, 0.05) is 56.0 Å². The lowest BCUT2D eigenvalue weighted by atomic mass is 9.95. The molecule has 3 aromatic heterocycles. The lowest BCUT2D eigenvalue weighted by Gasteiger charge is -2.15. The van der Waals surface area contributed by atoms with Gasteiger partial charge in [0.05, 0.1) is 27.6 Å². The maximum absolute atomic E-state index is 15.7. The first-order valence-corrected chi connectivity index (χ1v) is 13.1. The van der Waals surface area contributed by atoms with Crippen molar-refractivity contribution in [1.29, 1.82) is 0 Å². The molecule has 10 heteroatoms. The third kappa shape index (κ3) is 4.31. The second-order valence-corrected chi connectivity index (χ2v) is 10.4. The zero-order valence-electron chi connectivity index (χ0n) is 20.9. The first kappa shape index (κ1) is 23.5. The van der Waals surface area contributed by atoms with E-state index in [1.807, 2.05) is 32.2 Å². The molecule has 0 saturated carbocycles. The fourth-order valence-electron chi connectivity index (χ4n) is 4.91. The molecular weight excluding hydrogens is 489 g/mol. The number of pyridine rings is 1. The summed E-state index contributed by atoms with van der Waals surface area (Å²) in [6.45, 7) is 4.36. The summed E-state index contributed by atoms with van der Waals surface area (Å²) < 4.78 is 17.3. The molecule has 1 saturated heterocycles. The summed E-state index contributed by atoms with van der Waals surface area (Å²) in [5.74, 6) is 0.389. The Balaban J connectivity index is 1.50. The predicted octanol–water partition coefficient (Wildman–Crippen LogP) is 5.32. The molecule has 6 rings (SSSR count). The van der Waals surface area contributed by atoms with Crippen molar-refractivity contribution in [1.82, 2.24) is 24.6 Å². The smallest absolute Gasteiger partial charge is 0.223 e.